The number of aromatic nitrogens is 3. The highest BCUT2D eigenvalue weighted by atomic mass is 16.5. The van der Waals surface area contributed by atoms with E-state index in [-0.39, 0.29) is 12.2 Å². The first-order valence-corrected chi connectivity index (χ1v) is 14.1. The molecule has 1 saturated heterocycles. The molecule has 2 N–H and O–H groups in total. The zero-order valence-electron chi connectivity index (χ0n) is 23.2. The van der Waals surface area contributed by atoms with Crippen LogP contribution in [0.1, 0.15) is 70.6 Å². The average Bonchev–Trinajstić information content (AvgIpc) is 3.32. The highest BCUT2D eigenvalue weighted by Gasteiger charge is 2.12. The van der Waals surface area contributed by atoms with Crippen molar-refractivity contribution in [2.24, 2.45) is 7.05 Å². The maximum atomic E-state index is 12.1. The van der Waals surface area contributed by atoms with Gasteiger partial charge in [0, 0.05) is 26.6 Å². The van der Waals surface area contributed by atoms with Gasteiger partial charge in [0.15, 0.2) is 5.82 Å². The molecule has 0 aliphatic carbocycles. The number of piperidine rings is 1. The molecule has 10 nitrogen and oxygen atoms in total. The minimum Gasteiger partial charge on any atom is -0.494 e. The molecule has 1 fully saturated rings. The number of unbranched alkanes of at least 4 members (excludes halogenated alkanes) is 1. The first kappa shape index (κ1) is 29.1. The number of carboxylic acids is 1. The first-order chi connectivity index (χ1) is 19.5. The van der Waals surface area contributed by atoms with Gasteiger partial charge in [-0.1, -0.05) is 18.6 Å². The Kier molecular flexibility index (Phi) is 10.9. The van der Waals surface area contributed by atoms with Crippen molar-refractivity contribution >= 4 is 17.9 Å². The maximum Gasteiger partial charge on any atom is 0.338 e. The van der Waals surface area contributed by atoms with Crippen molar-refractivity contribution in [2.45, 2.75) is 51.5 Å². The minimum atomic E-state index is -1.03. The average molecular weight is 550 g/mol. The van der Waals surface area contributed by atoms with E-state index >= 15 is 0 Å². The molecule has 4 rings (SSSR count). The van der Waals surface area contributed by atoms with Crippen molar-refractivity contribution in [1.82, 2.24) is 19.7 Å². The summed E-state index contributed by atoms with van der Waals surface area (Å²) in [5.74, 6) is 0.873. The second-order valence-electron chi connectivity index (χ2n) is 10.1. The topological polar surface area (TPSA) is 119 Å². The van der Waals surface area contributed by atoms with Crippen molar-refractivity contribution in [3.8, 4) is 5.75 Å². The number of aryl methyl sites for hydroxylation is 2. The molecule has 2 aromatic carbocycles. The summed E-state index contributed by atoms with van der Waals surface area (Å²) in [4.78, 5) is 30.1. The van der Waals surface area contributed by atoms with E-state index in [2.05, 4.69) is 38.5 Å². The van der Waals surface area contributed by atoms with Gasteiger partial charge in [-0.25, -0.2) is 14.3 Å². The fourth-order valence-electron chi connectivity index (χ4n) is 4.65. The number of likely N-dealkylation sites (tertiary alicyclic amines) is 1. The zero-order chi connectivity index (χ0) is 28.2. The lowest BCUT2D eigenvalue weighted by Crippen LogP contribution is -2.29. The summed E-state index contributed by atoms with van der Waals surface area (Å²) in [6.45, 7) is 4.98. The van der Waals surface area contributed by atoms with Gasteiger partial charge in [0.05, 0.1) is 24.3 Å². The van der Waals surface area contributed by atoms with Gasteiger partial charge in [-0.2, -0.15) is 10.1 Å². The van der Waals surface area contributed by atoms with Crippen LogP contribution in [0.4, 0.5) is 5.95 Å². The van der Waals surface area contributed by atoms with Crippen molar-refractivity contribution in [1.29, 1.82) is 0 Å². The zero-order valence-corrected chi connectivity index (χ0v) is 23.2. The molecule has 40 heavy (non-hydrogen) atoms. The SMILES string of the molecule is Cn1nc(CCCCOC(=O)c2ccc(C(=O)O)cc2)nc1NCCCOc1cccc(CN2CCCCC2)c1. The van der Waals surface area contributed by atoms with Gasteiger partial charge >= 0.3 is 11.9 Å². The molecule has 0 atom stereocenters. The number of benzene rings is 2. The number of hydrogen-bond acceptors (Lipinski definition) is 8. The quantitative estimate of drug-likeness (QED) is 0.208. The molecule has 3 aromatic rings. The molecule has 214 valence electrons. The van der Waals surface area contributed by atoms with Crippen LogP contribution in [-0.4, -0.2) is 69.6 Å². The third-order valence-electron chi connectivity index (χ3n) is 6.83. The fraction of sp³-hybridized carbons (Fsp3) is 0.467. The normalized spacial score (nSPS) is 13.6. The molecule has 1 aromatic heterocycles. The van der Waals surface area contributed by atoms with Crippen LogP contribution >= 0.6 is 0 Å². The lowest BCUT2D eigenvalue weighted by atomic mass is 10.1. The van der Waals surface area contributed by atoms with Crippen molar-refractivity contribution in [2.75, 3.05) is 38.2 Å². The van der Waals surface area contributed by atoms with Gasteiger partial charge in [0.1, 0.15) is 5.75 Å². The Hall–Kier alpha value is -3.92. The molecule has 0 bridgehead atoms. The Morgan fingerprint density at radius 1 is 0.975 bits per heavy atom. The molecule has 2 heterocycles. The predicted molar refractivity (Wildman–Crippen MR) is 152 cm³/mol. The summed E-state index contributed by atoms with van der Waals surface area (Å²) in [5.41, 5.74) is 1.76. The lowest BCUT2D eigenvalue weighted by molar-refractivity contribution is 0.0497. The largest absolute Gasteiger partial charge is 0.494 e. The Labute approximate surface area is 235 Å². The van der Waals surface area contributed by atoms with E-state index in [1.807, 2.05) is 13.1 Å². The second kappa shape index (κ2) is 15.0. The minimum absolute atomic E-state index is 0.130. The monoisotopic (exact) mass is 549 g/mol. The summed E-state index contributed by atoms with van der Waals surface area (Å²) in [7, 11) is 1.86. The van der Waals surface area contributed by atoms with E-state index in [1.165, 1.54) is 62.2 Å². The number of carboxylic acid groups (broad SMARTS) is 1. The number of nitrogens with zero attached hydrogens (tertiary/aromatic N) is 4. The van der Waals surface area contributed by atoms with Crippen LogP contribution in [-0.2, 0) is 24.8 Å². The van der Waals surface area contributed by atoms with Gasteiger partial charge in [-0.05, 0) is 87.2 Å². The van der Waals surface area contributed by atoms with Gasteiger partial charge in [-0.15, -0.1) is 0 Å². The molecular formula is C30H39N5O5. The molecule has 0 spiro atoms. The van der Waals surface area contributed by atoms with E-state index in [0.29, 0.717) is 25.0 Å². The third kappa shape index (κ3) is 9.08. The Balaban J connectivity index is 1.09. The fourth-order valence-corrected chi connectivity index (χ4v) is 4.65. The summed E-state index contributed by atoms with van der Waals surface area (Å²) in [6, 6.07) is 14.1. The Bertz CT molecular complexity index is 1240. The molecule has 1 aliphatic heterocycles. The Morgan fingerprint density at radius 3 is 2.52 bits per heavy atom. The van der Waals surface area contributed by atoms with Crippen LogP contribution in [0.15, 0.2) is 48.5 Å². The van der Waals surface area contributed by atoms with E-state index in [9.17, 15) is 9.59 Å². The second-order valence-corrected chi connectivity index (χ2v) is 10.1. The van der Waals surface area contributed by atoms with Crippen molar-refractivity contribution in [3.63, 3.8) is 0 Å². The number of ether oxygens (including phenoxy) is 2. The van der Waals surface area contributed by atoms with Crippen LogP contribution in [0.5, 0.6) is 5.75 Å². The number of carbonyl (C=O) groups is 2. The van der Waals surface area contributed by atoms with E-state index < -0.39 is 11.9 Å². The van der Waals surface area contributed by atoms with E-state index in [1.54, 1.807) is 4.68 Å². The highest BCUT2D eigenvalue weighted by Crippen LogP contribution is 2.18. The van der Waals surface area contributed by atoms with Gasteiger partial charge in [-0.3, -0.25) is 4.90 Å². The number of rotatable bonds is 15. The number of anilines is 1. The standard InChI is InChI=1S/C30H39N5O5/c1-34-30(31-16-8-20-39-26-10-7-9-23(21-26)22-35-17-4-2-5-18-35)32-27(33-34)11-3-6-19-40-29(38)25-14-12-24(13-15-25)28(36)37/h7,9-10,12-15,21H,2-6,8,11,16-20,22H2,1H3,(H,36,37)(H,31,32,33). The third-order valence-corrected chi connectivity index (χ3v) is 6.83. The number of carbonyl (C=O) groups excluding carboxylic acids is 1. The summed E-state index contributed by atoms with van der Waals surface area (Å²) in [6.07, 6.45) is 6.90. The van der Waals surface area contributed by atoms with Crippen molar-refractivity contribution < 1.29 is 24.2 Å². The molecule has 10 heteroatoms. The summed E-state index contributed by atoms with van der Waals surface area (Å²) >= 11 is 0. The van der Waals surface area contributed by atoms with Gasteiger partial charge in [0.25, 0.3) is 0 Å². The number of nitrogens with one attached hydrogen (secondary N) is 1. The maximum absolute atomic E-state index is 12.1. The van der Waals surface area contributed by atoms with Crippen molar-refractivity contribution in [3.05, 3.63) is 71.0 Å². The molecular weight excluding hydrogens is 510 g/mol. The molecule has 0 unspecified atom stereocenters. The number of esters is 1. The van der Waals surface area contributed by atoms with Gasteiger partial charge in [0.2, 0.25) is 5.95 Å². The highest BCUT2D eigenvalue weighted by molar-refractivity contribution is 5.92. The number of hydrogen-bond donors (Lipinski definition) is 2. The number of aromatic carboxylic acids is 1. The molecule has 1 aliphatic rings. The summed E-state index contributed by atoms with van der Waals surface area (Å²) < 4.78 is 13.0. The van der Waals surface area contributed by atoms with Crippen LogP contribution < -0.4 is 10.1 Å². The lowest BCUT2D eigenvalue weighted by Gasteiger charge is -2.26. The smallest absolute Gasteiger partial charge is 0.338 e. The van der Waals surface area contributed by atoms with Crippen LogP contribution in [0.2, 0.25) is 0 Å². The van der Waals surface area contributed by atoms with Crippen LogP contribution in [0.3, 0.4) is 0 Å². The first-order valence-electron chi connectivity index (χ1n) is 14.1. The summed E-state index contributed by atoms with van der Waals surface area (Å²) in [5, 5.41) is 16.7. The van der Waals surface area contributed by atoms with Crippen LogP contribution in [0, 0.1) is 0 Å². The molecule has 0 amide bonds. The van der Waals surface area contributed by atoms with E-state index in [0.717, 1.165) is 43.5 Å². The molecule has 0 radical (unpaired) electrons. The van der Waals surface area contributed by atoms with Gasteiger partial charge < -0.3 is 19.9 Å². The van der Waals surface area contributed by atoms with Crippen LogP contribution in [0.25, 0.3) is 0 Å². The molecule has 0 saturated carbocycles. The van der Waals surface area contributed by atoms with E-state index in [4.69, 9.17) is 14.6 Å². The predicted octanol–water partition coefficient (Wildman–Crippen LogP) is 4.56. The Morgan fingerprint density at radius 2 is 1.75 bits per heavy atom.